The molecule has 1 saturated heterocycles. The van der Waals surface area contributed by atoms with Crippen molar-refractivity contribution in [2.24, 2.45) is 10.9 Å². The van der Waals surface area contributed by atoms with Gasteiger partial charge in [0.1, 0.15) is 5.84 Å². The van der Waals surface area contributed by atoms with Crippen LogP contribution in [0, 0.1) is 0 Å². The number of nitrogens with one attached hydrogen (secondary N) is 2. The Morgan fingerprint density at radius 2 is 2.47 bits per heavy atom. The Morgan fingerprint density at radius 1 is 1.67 bits per heavy atom. The van der Waals surface area contributed by atoms with Crippen LogP contribution in [0.15, 0.2) is 5.16 Å². The number of carbonyl (C=O) groups is 1. The van der Waals surface area contributed by atoms with E-state index in [0.29, 0.717) is 12.8 Å². The number of nitrogens with two attached hydrogens (primary N) is 1. The lowest BCUT2D eigenvalue weighted by Crippen LogP contribution is -2.31. The van der Waals surface area contributed by atoms with E-state index >= 15 is 0 Å². The zero-order valence-electron chi connectivity index (χ0n) is 8.70. The van der Waals surface area contributed by atoms with E-state index in [4.69, 9.17) is 10.9 Å². The Bertz CT molecular complexity index is 242. The van der Waals surface area contributed by atoms with Gasteiger partial charge < -0.3 is 21.6 Å². The third kappa shape index (κ3) is 4.64. The quantitative estimate of drug-likeness (QED) is 0.156. The fourth-order valence-electron chi connectivity index (χ4n) is 1.54. The maximum atomic E-state index is 10.9. The van der Waals surface area contributed by atoms with Gasteiger partial charge in [-0.2, -0.15) is 0 Å². The number of amidine groups is 1. The van der Waals surface area contributed by atoms with Crippen molar-refractivity contribution >= 4 is 11.7 Å². The highest BCUT2D eigenvalue weighted by Gasteiger charge is 2.19. The number of rotatable bonds is 6. The van der Waals surface area contributed by atoms with Crippen LogP contribution in [-0.4, -0.2) is 36.1 Å². The minimum Gasteiger partial charge on any atom is -0.409 e. The lowest BCUT2D eigenvalue weighted by molar-refractivity contribution is -0.119. The van der Waals surface area contributed by atoms with E-state index in [0.717, 1.165) is 25.9 Å². The number of amides is 1. The van der Waals surface area contributed by atoms with Gasteiger partial charge in [0.2, 0.25) is 5.91 Å². The van der Waals surface area contributed by atoms with Crippen LogP contribution in [0.2, 0.25) is 0 Å². The molecular weight excluding hydrogens is 196 g/mol. The molecule has 86 valence electrons. The van der Waals surface area contributed by atoms with Crippen molar-refractivity contribution in [1.29, 1.82) is 0 Å². The predicted octanol–water partition coefficient (Wildman–Crippen LogP) is -0.619. The summed E-state index contributed by atoms with van der Waals surface area (Å²) < 4.78 is 0. The lowest BCUT2D eigenvalue weighted by Gasteiger charge is -2.09. The molecule has 1 heterocycles. The van der Waals surface area contributed by atoms with Crippen molar-refractivity contribution in [3.05, 3.63) is 0 Å². The largest absolute Gasteiger partial charge is 0.409 e. The average molecular weight is 214 g/mol. The first kappa shape index (κ1) is 11.8. The van der Waals surface area contributed by atoms with Gasteiger partial charge in [0.25, 0.3) is 0 Å². The first-order chi connectivity index (χ1) is 7.22. The molecule has 1 atom stereocenters. The van der Waals surface area contributed by atoms with Crippen molar-refractivity contribution < 1.29 is 10.0 Å². The molecule has 6 nitrogen and oxygen atoms in total. The lowest BCUT2D eigenvalue weighted by atomic mass is 10.2. The number of carbonyl (C=O) groups excluding carboxylic acids is 1. The number of nitrogens with zero attached hydrogens (tertiary/aromatic N) is 1. The summed E-state index contributed by atoms with van der Waals surface area (Å²) in [6, 6.07) is 0.265. The summed E-state index contributed by atoms with van der Waals surface area (Å²) in [6.07, 6.45) is 3.03. The van der Waals surface area contributed by atoms with Crippen molar-refractivity contribution in [3.63, 3.8) is 0 Å². The van der Waals surface area contributed by atoms with Gasteiger partial charge in [-0.25, -0.2) is 0 Å². The molecule has 0 aliphatic carbocycles. The molecule has 0 aromatic carbocycles. The van der Waals surface area contributed by atoms with Crippen LogP contribution >= 0.6 is 0 Å². The molecule has 0 bridgehead atoms. The Hall–Kier alpha value is -1.30. The second-order valence-corrected chi connectivity index (χ2v) is 3.71. The van der Waals surface area contributed by atoms with E-state index in [2.05, 4.69) is 15.8 Å². The van der Waals surface area contributed by atoms with E-state index in [1.165, 1.54) is 0 Å². The van der Waals surface area contributed by atoms with Crippen molar-refractivity contribution in [2.75, 3.05) is 13.1 Å². The van der Waals surface area contributed by atoms with Gasteiger partial charge in [0, 0.05) is 25.4 Å². The van der Waals surface area contributed by atoms with Gasteiger partial charge in [-0.05, 0) is 19.4 Å². The van der Waals surface area contributed by atoms with Crippen LogP contribution in [0.3, 0.4) is 0 Å². The first-order valence-electron chi connectivity index (χ1n) is 5.19. The van der Waals surface area contributed by atoms with Crippen LogP contribution in [0.5, 0.6) is 0 Å². The third-order valence-electron chi connectivity index (χ3n) is 2.40. The van der Waals surface area contributed by atoms with E-state index in [-0.39, 0.29) is 17.8 Å². The summed E-state index contributed by atoms with van der Waals surface area (Å²) in [5.41, 5.74) is 5.32. The molecule has 0 saturated carbocycles. The molecule has 0 radical (unpaired) electrons. The van der Waals surface area contributed by atoms with Gasteiger partial charge in [0.05, 0.1) is 0 Å². The summed E-state index contributed by atoms with van der Waals surface area (Å²) in [6.45, 7) is 1.58. The normalized spacial score (nSPS) is 21.7. The van der Waals surface area contributed by atoms with E-state index < -0.39 is 0 Å². The van der Waals surface area contributed by atoms with Crippen LogP contribution in [0.1, 0.15) is 25.7 Å². The van der Waals surface area contributed by atoms with Gasteiger partial charge in [-0.15, -0.1) is 0 Å². The average Bonchev–Trinajstić information content (AvgIpc) is 2.63. The molecule has 1 fully saturated rings. The number of unbranched alkanes of at least 4 members (excludes halogenated alkanes) is 1. The molecule has 1 aliphatic rings. The molecule has 15 heavy (non-hydrogen) atoms. The molecule has 0 spiro atoms. The Kier molecular flexibility index (Phi) is 4.89. The standard InChI is InChI=1S/C9H18N4O2/c10-8(13-15)3-1-2-4-11-7-5-9(14)12-6-7/h7,11,15H,1-6H2,(H2,10,13)(H,12,14). The molecule has 5 N–H and O–H groups in total. The number of oxime groups is 1. The summed E-state index contributed by atoms with van der Waals surface area (Å²) in [4.78, 5) is 10.9. The van der Waals surface area contributed by atoms with Crippen molar-refractivity contribution in [1.82, 2.24) is 10.6 Å². The van der Waals surface area contributed by atoms with E-state index in [9.17, 15) is 4.79 Å². The van der Waals surface area contributed by atoms with Crippen LogP contribution in [0.25, 0.3) is 0 Å². The van der Waals surface area contributed by atoms with E-state index in [1.807, 2.05) is 0 Å². The topological polar surface area (TPSA) is 99.7 Å². The van der Waals surface area contributed by atoms with Crippen molar-refractivity contribution in [3.8, 4) is 0 Å². The third-order valence-corrected chi connectivity index (χ3v) is 2.40. The maximum Gasteiger partial charge on any atom is 0.221 e. The fourth-order valence-corrected chi connectivity index (χ4v) is 1.54. The highest BCUT2D eigenvalue weighted by atomic mass is 16.4. The molecule has 1 unspecified atom stereocenters. The highest BCUT2D eigenvalue weighted by molar-refractivity contribution is 5.79. The molecule has 0 aromatic heterocycles. The molecule has 1 aliphatic heterocycles. The number of hydrogen-bond donors (Lipinski definition) is 4. The monoisotopic (exact) mass is 214 g/mol. The van der Waals surface area contributed by atoms with Crippen LogP contribution in [-0.2, 0) is 4.79 Å². The van der Waals surface area contributed by atoms with Crippen LogP contribution in [0.4, 0.5) is 0 Å². The Labute approximate surface area is 88.9 Å². The minimum absolute atomic E-state index is 0.115. The number of hydrogen-bond acceptors (Lipinski definition) is 4. The summed E-state index contributed by atoms with van der Waals surface area (Å²) in [5.74, 6) is 0.386. The second-order valence-electron chi connectivity index (χ2n) is 3.71. The summed E-state index contributed by atoms with van der Waals surface area (Å²) >= 11 is 0. The summed E-state index contributed by atoms with van der Waals surface area (Å²) in [5, 5.41) is 17.2. The molecule has 1 amide bonds. The second kappa shape index (κ2) is 6.23. The first-order valence-corrected chi connectivity index (χ1v) is 5.19. The van der Waals surface area contributed by atoms with Gasteiger partial charge in [-0.1, -0.05) is 5.16 Å². The zero-order valence-corrected chi connectivity index (χ0v) is 8.70. The van der Waals surface area contributed by atoms with Crippen molar-refractivity contribution in [2.45, 2.75) is 31.7 Å². The molecular formula is C9H18N4O2. The predicted molar refractivity (Wildman–Crippen MR) is 56.7 cm³/mol. The van der Waals surface area contributed by atoms with E-state index in [1.54, 1.807) is 0 Å². The smallest absolute Gasteiger partial charge is 0.221 e. The molecule has 6 heteroatoms. The Balaban J connectivity index is 1.95. The van der Waals surface area contributed by atoms with Crippen LogP contribution < -0.4 is 16.4 Å². The summed E-state index contributed by atoms with van der Waals surface area (Å²) in [7, 11) is 0. The molecule has 0 aromatic rings. The van der Waals surface area contributed by atoms with Gasteiger partial charge in [-0.3, -0.25) is 4.79 Å². The zero-order chi connectivity index (χ0) is 11.1. The SMILES string of the molecule is NC(CCCCNC1CNC(=O)C1)=NO. The van der Waals surface area contributed by atoms with Gasteiger partial charge >= 0.3 is 0 Å². The van der Waals surface area contributed by atoms with Gasteiger partial charge in [0.15, 0.2) is 0 Å². The molecule has 1 rings (SSSR count). The maximum absolute atomic E-state index is 10.9. The highest BCUT2D eigenvalue weighted by Crippen LogP contribution is 2.00. The Morgan fingerprint density at radius 3 is 3.07 bits per heavy atom. The fraction of sp³-hybridized carbons (Fsp3) is 0.778. The minimum atomic E-state index is 0.115.